The highest BCUT2D eigenvalue weighted by Crippen LogP contribution is 2.01. The SMILES string of the molecule is CCC(C)C(=O)NCc1cccnc1. The Morgan fingerprint density at radius 3 is 3.00 bits per heavy atom. The van der Waals surface area contributed by atoms with Crippen molar-refractivity contribution >= 4 is 5.91 Å². The number of hydrogen-bond donors (Lipinski definition) is 1. The molecule has 0 bridgehead atoms. The summed E-state index contributed by atoms with van der Waals surface area (Å²) in [5, 5.41) is 2.87. The molecule has 0 fully saturated rings. The first-order valence-electron chi connectivity index (χ1n) is 4.90. The molecule has 0 aliphatic carbocycles. The van der Waals surface area contributed by atoms with Gasteiger partial charge in [0.1, 0.15) is 0 Å². The van der Waals surface area contributed by atoms with Gasteiger partial charge in [-0.1, -0.05) is 19.9 Å². The number of rotatable bonds is 4. The Bertz CT molecular complexity index is 285. The summed E-state index contributed by atoms with van der Waals surface area (Å²) in [7, 11) is 0. The lowest BCUT2D eigenvalue weighted by molar-refractivity contribution is -0.124. The average molecular weight is 192 g/mol. The summed E-state index contributed by atoms with van der Waals surface area (Å²) in [5.41, 5.74) is 1.03. The Morgan fingerprint density at radius 2 is 2.43 bits per heavy atom. The summed E-state index contributed by atoms with van der Waals surface area (Å²) >= 11 is 0. The second kappa shape index (κ2) is 5.37. The maximum absolute atomic E-state index is 11.4. The maximum Gasteiger partial charge on any atom is 0.223 e. The molecule has 1 heterocycles. The van der Waals surface area contributed by atoms with E-state index in [9.17, 15) is 4.79 Å². The van der Waals surface area contributed by atoms with Crippen LogP contribution in [-0.2, 0) is 11.3 Å². The lowest BCUT2D eigenvalue weighted by Gasteiger charge is -2.09. The molecule has 0 radical (unpaired) electrons. The molecule has 1 aromatic heterocycles. The lowest BCUT2D eigenvalue weighted by atomic mass is 10.1. The van der Waals surface area contributed by atoms with E-state index in [-0.39, 0.29) is 11.8 Å². The van der Waals surface area contributed by atoms with Gasteiger partial charge in [-0.15, -0.1) is 0 Å². The molecular formula is C11H16N2O. The van der Waals surface area contributed by atoms with E-state index in [1.165, 1.54) is 0 Å². The molecule has 14 heavy (non-hydrogen) atoms. The minimum atomic E-state index is 0.0895. The predicted molar refractivity (Wildman–Crippen MR) is 55.5 cm³/mol. The van der Waals surface area contributed by atoms with E-state index in [0.29, 0.717) is 6.54 Å². The van der Waals surface area contributed by atoms with E-state index in [0.717, 1.165) is 12.0 Å². The van der Waals surface area contributed by atoms with Crippen LogP contribution in [0, 0.1) is 5.92 Å². The normalized spacial score (nSPS) is 12.1. The molecule has 0 spiro atoms. The zero-order valence-electron chi connectivity index (χ0n) is 8.66. The molecule has 0 aromatic carbocycles. The molecule has 0 aliphatic heterocycles. The van der Waals surface area contributed by atoms with Gasteiger partial charge >= 0.3 is 0 Å². The molecule has 76 valence electrons. The second-order valence-corrected chi connectivity index (χ2v) is 3.39. The average Bonchev–Trinajstić information content (AvgIpc) is 2.26. The summed E-state index contributed by atoms with van der Waals surface area (Å²) in [6.07, 6.45) is 4.36. The first kappa shape index (κ1) is 10.7. The van der Waals surface area contributed by atoms with Gasteiger partial charge in [0, 0.05) is 24.9 Å². The molecule has 1 amide bonds. The minimum absolute atomic E-state index is 0.0895. The number of nitrogens with one attached hydrogen (secondary N) is 1. The quantitative estimate of drug-likeness (QED) is 0.789. The van der Waals surface area contributed by atoms with Crippen molar-refractivity contribution in [3.05, 3.63) is 30.1 Å². The van der Waals surface area contributed by atoms with Crippen LogP contribution in [0.15, 0.2) is 24.5 Å². The van der Waals surface area contributed by atoms with Crippen LogP contribution in [0.4, 0.5) is 0 Å². The molecule has 1 atom stereocenters. The monoisotopic (exact) mass is 192 g/mol. The van der Waals surface area contributed by atoms with Gasteiger partial charge in [0.25, 0.3) is 0 Å². The van der Waals surface area contributed by atoms with E-state index < -0.39 is 0 Å². The Kier molecular flexibility index (Phi) is 4.11. The molecule has 1 unspecified atom stereocenters. The van der Waals surface area contributed by atoms with Crippen LogP contribution >= 0.6 is 0 Å². The van der Waals surface area contributed by atoms with Crippen LogP contribution in [0.25, 0.3) is 0 Å². The van der Waals surface area contributed by atoms with Gasteiger partial charge in [-0.25, -0.2) is 0 Å². The van der Waals surface area contributed by atoms with Gasteiger partial charge in [-0.3, -0.25) is 9.78 Å². The van der Waals surface area contributed by atoms with Crippen LogP contribution in [0.2, 0.25) is 0 Å². The zero-order chi connectivity index (χ0) is 10.4. The highest BCUT2D eigenvalue weighted by molar-refractivity contribution is 5.78. The summed E-state index contributed by atoms with van der Waals surface area (Å²) in [4.78, 5) is 15.4. The van der Waals surface area contributed by atoms with Gasteiger partial charge in [-0.2, -0.15) is 0 Å². The van der Waals surface area contributed by atoms with Crippen molar-refractivity contribution in [3.63, 3.8) is 0 Å². The highest BCUT2D eigenvalue weighted by atomic mass is 16.1. The van der Waals surface area contributed by atoms with Crippen molar-refractivity contribution in [2.75, 3.05) is 0 Å². The van der Waals surface area contributed by atoms with Crippen molar-refractivity contribution < 1.29 is 4.79 Å². The summed E-state index contributed by atoms with van der Waals surface area (Å²) in [6, 6.07) is 3.81. The van der Waals surface area contributed by atoms with Crippen LogP contribution in [0.5, 0.6) is 0 Å². The number of carbonyl (C=O) groups excluding carboxylic acids is 1. The number of nitrogens with zero attached hydrogens (tertiary/aromatic N) is 1. The fourth-order valence-electron chi connectivity index (χ4n) is 1.05. The number of hydrogen-bond acceptors (Lipinski definition) is 2. The fourth-order valence-corrected chi connectivity index (χ4v) is 1.05. The van der Waals surface area contributed by atoms with Crippen LogP contribution in [0.1, 0.15) is 25.8 Å². The Labute approximate surface area is 84.6 Å². The molecule has 1 aromatic rings. The Balaban J connectivity index is 2.38. The number of carbonyl (C=O) groups is 1. The third-order valence-corrected chi connectivity index (χ3v) is 2.25. The van der Waals surface area contributed by atoms with E-state index >= 15 is 0 Å². The first-order valence-corrected chi connectivity index (χ1v) is 4.90. The standard InChI is InChI=1S/C11H16N2O/c1-3-9(2)11(14)13-8-10-5-4-6-12-7-10/h4-7,9H,3,8H2,1-2H3,(H,13,14). The number of pyridine rings is 1. The zero-order valence-corrected chi connectivity index (χ0v) is 8.66. The van der Waals surface area contributed by atoms with Gasteiger partial charge in [0.15, 0.2) is 0 Å². The maximum atomic E-state index is 11.4. The van der Waals surface area contributed by atoms with Crippen molar-refractivity contribution in [1.82, 2.24) is 10.3 Å². The third kappa shape index (κ3) is 3.17. The van der Waals surface area contributed by atoms with Crippen molar-refractivity contribution in [3.8, 4) is 0 Å². The van der Waals surface area contributed by atoms with Gasteiger partial charge in [-0.05, 0) is 18.1 Å². The number of amides is 1. The van der Waals surface area contributed by atoms with Crippen LogP contribution in [-0.4, -0.2) is 10.9 Å². The van der Waals surface area contributed by atoms with E-state index in [2.05, 4.69) is 10.3 Å². The summed E-state index contributed by atoms with van der Waals surface area (Å²) in [6.45, 7) is 4.50. The largest absolute Gasteiger partial charge is 0.352 e. The number of aromatic nitrogens is 1. The van der Waals surface area contributed by atoms with Gasteiger partial charge in [0.2, 0.25) is 5.91 Å². The molecular weight excluding hydrogens is 176 g/mol. The van der Waals surface area contributed by atoms with Crippen molar-refractivity contribution in [1.29, 1.82) is 0 Å². The van der Waals surface area contributed by atoms with E-state index in [4.69, 9.17) is 0 Å². The molecule has 0 saturated heterocycles. The van der Waals surface area contributed by atoms with Gasteiger partial charge < -0.3 is 5.32 Å². The lowest BCUT2D eigenvalue weighted by Crippen LogP contribution is -2.28. The molecule has 0 aliphatic rings. The van der Waals surface area contributed by atoms with E-state index in [1.54, 1.807) is 12.4 Å². The van der Waals surface area contributed by atoms with Crippen LogP contribution < -0.4 is 5.32 Å². The molecule has 1 N–H and O–H groups in total. The van der Waals surface area contributed by atoms with E-state index in [1.807, 2.05) is 26.0 Å². The molecule has 1 rings (SSSR count). The predicted octanol–water partition coefficient (Wildman–Crippen LogP) is 1.74. The van der Waals surface area contributed by atoms with Crippen molar-refractivity contribution in [2.45, 2.75) is 26.8 Å². The summed E-state index contributed by atoms with van der Waals surface area (Å²) < 4.78 is 0. The Morgan fingerprint density at radius 1 is 1.64 bits per heavy atom. The fraction of sp³-hybridized carbons (Fsp3) is 0.455. The van der Waals surface area contributed by atoms with Crippen LogP contribution in [0.3, 0.4) is 0 Å². The van der Waals surface area contributed by atoms with Crippen molar-refractivity contribution in [2.24, 2.45) is 5.92 Å². The Hall–Kier alpha value is -1.38. The second-order valence-electron chi connectivity index (χ2n) is 3.39. The highest BCUT2D eigenvalue weighted by Gasteiger charge is 2.08. The first-order chi connectivity index (χ1) is 6.74. The summed E-state index contributed by atoms with van der Waals surface area (Å²) in [5.74, 6) is 0.197. The smallest absolute Gasteiger partial charge is 0.223 e. The minimum Gasteiger partial charge on any atom is -0.352 e. The molecule has 3 nitrogen and oxygen atoms in total. The molecule has 3 heteroatoms. The topological polar surface area (TPSA) is 42.0 Å². The molecule has 0 saturated carbocycles. The van der Waals surface area contributed by atoms with Gasteiger partial charge in [0.05, 0.1) is 0 Å². The third-order valence-electron chi connectivity index (χ3n) is 2.25.